The van der Waals surface area contributed by atoms with Crippen molar-refractivity contribution < 1.29 is 22.6 Å². The zero-order chi connectivity index (χ0) is 17.6. The van der Waals surface area contributed by atoms with Crippen molar-refractivity contribution in [3.63, 3.8) is 0 Å². The van der Waals surface area contributed by atoms with Crippen LogP contribution in [0.1, 0.15) is 6.42 Å². The fraction of sp³-hybridized carbons (Fsp3) is 0.625. The molecular weight excluding hydrogens is 332 g/mol. The molecule has 0 aromatic heterocycles. The molecule has 0 atom stereocenters. The predicted molar refractivity (Wildman–Crippen MR) is 91.2 cm³/mol. The van der Waals surface area contributed by atoms with Gasteiger partial charge in [0.1, 0.15) is 16.4 Å². The molecule has 1 heterocycles. The maximum absolute atomic E-state index is 12.9. The molecule has 1 fully saturated rings. The summed E-state index contributed by atoms with van der Waals surface area (Å²) in [5.41, 5.74) is 0. The van der Waals surface area contributed by atoms with E-state index in [1.54, 1.807) is 19.2 Å². The summed E-state index contributed by atoms with van der Waals surface area (Å²) in [6.07, 6.45) is 0.954. The van der Waals surface area contributed by atoms with Crippen LogP contribution in [0.25, 0.3) is 0 Å². The number of piperazine rings is 1. The van der Waals surface area contributed by atoms with Crippen LogP contribution in [0.15, 0.2) is 23.1 Å². The molecular formula is C16H26N2O5S. The van der Waals surface area contributed by atoms with Gasteiger partial charge in [-0.05, 0) is 18.6 Å². The first-order valence-electron chi connectivity index (χ1n) is 7.96. The van der Waals surface area contributed by atoms with E-state index in [2.05, 4.69) is 4.90 Å². The first-order valence-corrected chi connectivity index (χ1v) is 9.40. The van der Waals surface area contributed by atoms with Gasteiger partial charge in [-0.15, -0.1) is 0 Å². The van der Waals surface area contributed by atoms with Crippen molar-refractivity contribution in [3.8, 4) is 11.5 Å². The second-order valence-corrected chi connectivity index (χ2v) is 7.52. The van der Waals surface area contributed by atoms with Crippen LogP contribution >= 0.6 is 0 Å². The van der Waals surface area contributed by atoms with Gasteiger partial charge in [0.15, 0.2) is 0 Å². The van der Waals surface area contributed by atoms with Crippen LogP contribution in [0.2, 0.25) is 0 Å². The van der Waals surface area contributed by atoms with Crippen LogP contribution < -0.4 is 9.47 Å². The number of hydrogen-bond acceptors (Lipinski definition) is 6. The minimum absolute atomic E-state index is 0.179. The average Bonchev–Trinajstić information content (AvgIpc) is 2.61. The third kappa shape index (κ3) is 4.38. The maximum atomic E-state index is 12.9. The van der Waals surface area contributed by atoms with Gasteiger partial charge in [-0.25, -0.2) is 8.42 Å². The van der Waals surface area contributed by atoms with Crippen molar-refractivity contribution in [3.05, 3.63) is 18.2 Å². The molecule has 24 heavy (non-hydrogen) atoms. The summed E-state index contributed by atoms with van der Waals surface area (Å²) in [6.45, 7) is 4.05. The molecule has 0 amide bonds. The molecule has 0 spiro atoms. The first kappa shape index (κ1) is 19.0. The van der Waals surface area contributed by atoms with Crippen molar-refractivity contribution in [1.29, 1.82) is 0 Å². The van der Waals surface area contributed by atoms with Gasteiger partial charge < -0.3 is 19.1 Å². The molecule has 0 aliphatic carbocycles. The normalized spacial score (nSPS) is 17.0. The number of ether oxygens (including phenoxy) is 3. The van der Waals surface area contributed by atoms with E-state index < -0.39 is 10.0 Å². The summed E-state index contributed by atoms with van der Waals surface area (Å²) in [6, 6.07) is 4.77. The lowest BCUT2D eigenvalue weighted by Gasteiger charge is -2.34. The Morgan fingerprint density at radius 3 is 2.33 bits per heavy atom. The molecule has 1 aromatic rings. The summed E-state index contributed by atoms with van der Waals surface area (Å²) in [5.74, 6) is 0.866. The SMILES string of the molecule is COCCCN1CCN(S(=O)(=O)c2ccc(OC)cc2OC)CC1. The summed E-state index contributed by atoms with van der Waals surface area (Å²) in [4.78, 5) is 2.44. The third-order valence-corrected chi connectivity index (χ3v) is 6.08. The minimum Gasteiger partial charge on any atom is -0.497 e. The van der Waals surface area contributed by atoms with Gasteiger partial charge >= 0.3 is 0 Å². The van der Waals surface area contributed by atoms with Crippen molar-refractivity contribution in [2.45, 2.75) is 11.3 Å². The number of hydrogen-bond donors (Lipinski definition) is 0. The smallest absolute Gasteiger partial charge is 0.246 e. The number of sulfonamides is 1. The molecule has 2 rings (SSSR count). The van der Waals surface area contributed by atoms with Crippen LogP contribution in [-0.4, -0.2) is 78.3 Å². The monoisotopic (exact) mass is 358 g/mol. The Kier molecular flexibility index (Phi) is 6.85. The van der Waals surface area contributed by atoms with Crippen molar-refractivity contribution in [2.75, 3.05) is 60.7 Å². The van der Waals surface area contributed by atoms with E-state index >= 15 is 0 Å². The summed E-state index contributed by atoms with van der Waals surface area (Å²) >= 11 is 0. The van der Waals surface area contributed by atoms with Crippen LogP contribution in [0.3, 0.4) is 0 Å². The Hall–Kier alpha value is -1.35. The molecule has 8 heteroatoms. The number of benzene rings is 1. The van der Waals surface area contributed by atoms with Gasteiger partial charge in [-0.1, -0.05) is 0 Å². The third-order valence-electron chi connectivity index (χ3n) is 4.14. The highest BCUT2D eigenvalue weighted by Gasteiger charge is 2.30. The highest BCUT2D eigenvalue weighted by molar-refractivity contribution is 7.89. The van der Waals surface area contributed by atoms with Gasteiger partial charge in [0.2, 0.25) is 10.0 Å². The number of nitrogens with zero attached hydrogens (tertiary/aromatic N) is 2. The van der Waals surface area contributed by atoms with E-state index in [0.29, 0.717) is 24.6 Å². The molecule has 0 unspecified atom stereocenters. The van der Waals surface area contributed by atoms with Crippen LogP contribution in [-0.2, 0) is 14.8 Å². The van der Waals surface area contributed by atoms with Gasteiger partial charge in [0.05, 0.1) is 14.2 Å². The van der Waals surface area contributed by atoms with Crippen LogP contribution in [0, 0.1) is 0 Å². The van der Waals surface area contributed by atoms with Crippen molar-refractivity contribution >= 4 is 10.0 Å². The lowest BCUT2D eigenvalue weighted by molar-refractivity contribution is 0.149. The molecule has 0 radical (unpaired) electrons. The van der Waals surface area contributed by atoms with E-state index in [-0.39, 0.29) is 4.90 Å². The first-order chi connectivity index (χ1) is 11.5. The van der Waals surface area contributed by atoms with Gasteiger partial charge in [-0.2, -0.15) is 4.31 Å². The largest absolute Gasteiger partial charge is 0.497 e. The minimum atomic E-state index is -3.58. The van der Waals surface area contributed by atoms with Crippen LogP contribution in [0.4, 0.5) is 0 Å². The standard InChI is InChI=1S/C16H26N2O5S/c1-21-12-4-7-17-8-10-18(11-9-17)24(19,20)16-6-5-14(22-2)13-15(16)23-3/h5-6,13H,4,7-12H2,1-3H3. The van der Waals surface area contributed by atoms with Crippen molar-refractivity contribution in [2.24, 2.45) is 0 Å². The molecule has 0 saturated carbocycles. The van der Waals surface area contributed by atoms with Crippen molar-refractivity contribution in [1.82, 2.24) is 9.21 Å². The Labute approximate surface area is 144 Å². The van der Waals surface area contributed by atoms with E-state index in [9.17, 15) is 8.42 Å². The Morgan fingerprint density at radius 2 is 1.75 bits per heavy atom. The summed E-state index contributed by atoms with van der Waals surface area (Å²) < 4.78 is 42.7. The molecule has 1 saturated heterocycles. The summed E-state index contributed by atoms with van der Waals surface area (Å²) in [7, 11) is 1.10. The molecule has 0 bridgehead atoms. The topological polar surface area (TPSA) is 68.3 Å². The molecule has 1 aliphatic rings. The van der Waals surface area contributed by atoms with Gasteiger partial charge in [0.25, 0.3) is 0 Å². The van der Waals surface area contributed by atoms with E-state index in [4.69, 9.17) is 14.2 Å². The summed E-state index contributed by atoms with van der Waals surface area (Å²) in [5, 5.41) is 0. The lowest BCUT2D eigenvalue weighted by Crippen LogP contribution is -2.48. The predicted octanol–water partition coefficient (Wildman–Crippen LogP) is 1.05. The van der Waals surface area contributed by atoms with Gasteiger partial charge in [0, 0.05) is 52.5 Å². The average molecular weight is 358 g/mol. The maximum Gasteiger partial charge on any atom is 0.246 e. The van der Waals surface area contributed by atoms with E-state index in [1.807, 2.05) is 0 Å². The Morgan fingerprint density at radius 1 is 1.04 bits per heavy atom. The second kappa shape index (κ2) is 8.66. The number of rotatable bonds is 8. The van der Waals surface area contributed by atoms with Crippen LogP contribution in [0.5, 0.6) is 11.5 Å². The fourth-order valence-electron chi connectivity index (χ4n) is 2.75. The zero-order valence-electron chi connectivity index (χ0n) is 14.5. The molecule has 1 aromatic carbocycles. The number of methoxy groups -OCH3 is 3. The fourth-order valence-corrected chi connectivity index (χ4v) is 4.31. The van der Waals surface area contributed by atoms with E-state index in [0.717, 1.165) is 32.7 Å². The Balaban J connectivity index is 2.06. The Bertz CT molecular complexity index is 627. The van der Waals surface area contributed by atoms with Gasteiger partial charge in [-0.3, -0.25) is 0 Å². The quantitative estimate of drug-likeness (QED) is 0.647. The molecule has 136 valence electrons. The molecule has 0 N–H and O–H groups in total. The second-order valence-electron chi connectivity index (χ2n) is 5.61. The molecule has 1 aliphatic heterocycles. The lowest BCUT2D eigenvalue weighted by atomic mass is 10.3. The van der Waals surface area contributed by atoms with E-state index in [1.165, 1.54) is 24.6 Å². The highest BCUT2D eigenvalue weighted by atomic mass is 32.2. The molecule has 7 nitrogen and oxygen atoms in total. The zero-order valence-corrected chi connectivity index (χ0v) is 15.3. The highest BCUT2D eigenvalue weighted by Crippen LogP contribution is 2.31.